The van der Waals surface area contributed by atoms with Gasteiger partial charge in [0, 0.05) is 30.4 Å². The Morgan fingerprint density at radius 2 is 1.62 bits per heavy atom. The minimum absolute atomic E-state index is 0.0750. The first kappa shape index (κ1) is 27.7. The van der Waals surface area contributed by atoms with E-state index < -0.39 is 0 Å². The molecule has 210 valence electrons. The third-order valence-electron chi connectivity index (χ3n) is 7.84. The van der Waals surface area contributed by atoms with Gasteiger partial charge >= 0.3 is 5.97 Å². The predicted octanol–water partition coefficient (Wildman–Crippen LogP) is 6.07. The summed E-state index contributed by atoms with van der Waals surface area (Å²) in [5.41, 5.74) is 3.84. The third-order valence-corrected chi connectivity index (χ3v) is 7.84. The van der Waals surface area contributed by atoms with Crippen LogP contribution in [-0.4, -0.2) is 63.3 Å². The molecule has 0 spiro atoms. The Morgan fingerprint density at radius 3 is 2.33 bits per heavy atom. The number of hydrogen-bond acceptors (Lipinski definition) is 6. The first-order valence-corrected chi connectivity index (χ1v) is 14.2. The van der Waals surface area contributed by atoms with Gasteiger partial charge in [-0.1, -0.05) is 24.3 Å². The van der Waals surface area contributed by atoms with E-state index in [4.69, 9.17) is 14.2 Å². The molecule has 3 aromatic rings. The number of ether oxygens (including phenoxy) is 3. The minimum Gasteiger partial charge on any atom is -0.493 e. The highest BCUT2D eigenvalue weighted by atomic mass is 16.5. The van der Waals surface area contributed by atoms with Gasteiger partial charge < -0.3 is 19.1 Å². The Balaban J connectivity index is 1.46. The van der Waals surface area contributed by atoms with Gasteiger partial charge in [-0.2, -0.15) is 0 Å². The van der Waals surface area contributed by atoms with Gasteiger partial charge in [0.25, 0.3) is 5.91 Å². The fraction of sp³-hybridized carbons (Fsp3) is 0.394. The summed E-state index contributed by atoms with van der Waals surface area (Å²) >= 11 is 0. The molecule has 1 aliphatic heterocycles. The SMILES string of the molecule is CCOC(=O)c1ccc(-c2cccc(N(C[C@@H]3CCCN3CC3CC3)C(=O)c3ccc(OC)c(OC)c3)c2)cc1. The summed E-state index contributed by atoms with van der Waals surface area (Å²) < 4.78 is 16.0. The molecule has 2 fully saturated rings. The van der Waals surface area contributed by atoms with E-state index in [-0.39, 0.29) is 11.9 Å². The number of methoxy groups -OCH3 is 2. The van der Waals surface area contributed by atoms with Crippen LogP contribution in [0.4, 0.5) is 5.69 Å². The summed E-state index contributed by atoms with van der Waals surface area (Å²) in [4.78, 5) is 30.7. The minimum atomic E-state index is -0.332. The van der Waals surface area contributed by atoms with Crippen molar-refractivity contribution >= 4 is 17.6 Å². The van der Waals surface area contributed by atoms with Crippen molar-refractivity contribution < 1.29 is 23.8 Å². The van der Waals surface area contributed by atoms with E-state index in [1.807, 2.05) is 35.2 Å². The molecule has 1 saturated heterocycles. The number of likely N-dealkylation sites (tertiary alicyclic amines) is 1. The van der Waals surface area contributed by atoms with Crippen LogP contribution in [0.3, 0.4) is 0 Å². The topological polar surface area (TPSA) is 68.3 Å². The zero-order valence-corrected chi connectivity index (χ0v) is 23.6. The van der Waals surface area contributed by atoms with Crippen LogP contribution in [0.1, 0.15) is 53.3 Å². The molecule has 7 heteroatoms. The smallest absolute Gasteiger partial charge is 0.338 e. The first-order chi connectivity index (χ1) is 19.5. The molecular weight excluding hydrogens is 504 g/mol. The Bertz CT molecular complexity index is 1330. The molecule has 5 rings (SSSR count). The van der Waals surface area contributed by atoms with Gasteiger partial charge in [-0.05, 0) is 98.7 Å². The second kappa shape index (κ2) is 12.6. The number of anilines is 1. The summed E-state index contributed by atoms with van der Waals surface area (Å²) in [5, 5.41) is 0. The Hall–Kier alpha value is -3.84. The van der Waals surface area contributed by atoms with Crippen molar-refractivity contribution in [3.05, 3.63) is 77.9 Å². The molecule has 1 atom stereocenters. The fourth-order valence-corrected chi connectivity index (χ4v) is 5.48. The highest BCUT2D eigenvalue weighted by Gasteiger charge is 2.33. The van der Waals surface area contributed by atoms with Crippen LogP contribution in [-0.2, 0) is 4.74 Å². The number of carbonyl (C=O) groups excluding carboxylic acids is 2. The Kier molecular flexibility index (Phi) is 8.70. The molecule has 1 saturated carbocycles. The highest BCUT2D eigenvalue weighted by Crippen LogP contribution is 2.34. The van der Waals surface area contributed by atoms with Gasteiger partial charge in [-0.25, -0.2) is 4.79 Å². The molecule has 0 bridgehead atoms. The normalized spacial score (nSPS) is 16.9. The van der Waals surface area contributed by atoms with Crippen LogP contribution in [0.5, 0.6) is 11.5 Å². The maximum atomic E-state index is 14.1. The van der Waals surface area contributed by atoms with E-state index in [2.05, 4.69) is 11.0 Å². The van der Waals surface area contributed by atoms with Gasteiger partial charge in [-0.3, -0.25) is 9.69 Å². The lowest BCUT2D eigenvalue weighted by Crippen LogP contribution is -2.44. The number of rotatable bonds is 11. The van der Waals surface area contributed by atoms with Crippen LogP contribution in [0.15, 0.2) is 66.7 Å². The fourth-order valence-electron chi connectivity index (χ4n) is 5.48. The molecular formula is C33H38N2O5. The average Bonchev–Trinajstić information content (AvgIpc) is 3.71. The van der Waals surface area contributed by atoms with Crippen LogP contribution in [0.2, 0.25) is 0 Å². The van der Waals surface area contributed by atoms with Crippen LogP contribution < -0.4 is 14.4 Å². The summed E-state index contributed by atoms with van der Waals surface area (Å²) in [7, 11) is 3.17. The second-order valence-electron chi connectivity index (χ2n) is 10.6. The lowest BCUT2D eigenvalue weighted by molar-refractivity contribution is 0.0526. The maximum Gasteiger partial charge on any atom is 0.338 e. The molecule has 1 amide bonds. The maximum absolute atomic E-state index is 14.1. The molecule has 0 unspecified atom stereocenters. The van der Waals surface area contributed by atoms with Crippen molar-refractivity contribution in [2.24, 2.45) is 5.92 Å². The van der Waals surface area contributed by atoms with Crippen molar-refractivity contribution in [3.8, 4) is 22.6 Å². The Morgan fingerprint density at radius 1 is 0.875 bits per heavy atom. The number of benzene rings is 3. The van der Waals surface area contributed by atoms with Crippen molar-refractivity contribution in [1.82, 2.24) is 4.90 Å². The molecule has 0 aromatic heterocycles. The Labute approximate surface area is 236 Å². The third kappa shape index (κ3) is 6.31. The number of amides is 1. The van der Waals surface area contributed by atoms with E-state index in [0.29, 0.717) is 41.8 Å². The van der Waals surface area contributed by atoms with Crippen molar-refractivity contribution in [1.29, 1.82) is 0 Å². The molecule has 2 aliphatic rings. The van der Waals surface area contributed by atoms with Gasteiger partial charge in [-0.15, -0.1) is 0 Å². The van der Waals surface area contributed by atoms with Crippen molar-refractivity contribution in [2.75, 3.05) is 45.4 Å². The zero-order valence-electron chi connectivity index (χ0n) is 23.6. The van der Waals surface area contributed by atoms with E-state index in [0.717, 1.165) is 48.7 Å². The predicted molar refractivity (Wildman–Crippen MR) is 156 cm³/mol. The first-order valence-electron chi connectivity index (χ1n) is 14.2. The molecule has 3 aromatic carbocycles. The largest absolute Gasteiger partial charge is 0.493 e. The molecule has 7 nitrogen and oxygen atoms in total. The van der Waals surface area contributed by atoms with E-state index >= 15 is 0 Å². The molecule has 40 heavy (non-hydrogen) atoms. The average molecular weight is 543 g/mol. The van der Waals surface area contributed by atoms with Gasteiger partial charge in [0.2, 0.25) is 0 Å². The van der Waals surface area contributed by atoms with Crippen LogP contribution in [0, 0.1) is 5.92 Å². The number of nitrogens with zero attached hydrogens (tertiary/aromatic N) is 2. The quantitative estimate of drug-likeness (QED) is 0.274. The molecule has 0 radical (unpaired) electrons. The van der Waals surface area contributed by atoms with Gasteiger partial charge in [0.15, 0.2) is 11.5 Å². The van der Waals surface area contributed by atoms with Crippen molar-refractivity contribution in [3.63, 3.8) is 0 Å². The van der Waals surface area contributed by atoms with E-state index in [1.54, 1.807) is 51.5 Å². The second-order valence-corrected chi connectivity index (χ2v) is 10.6. The zero-order chi connectivity index (χ0) is 28.1. The summed E-state index contributed by atoms with van der Waals surface area (Å²) in [6.07, 6.45) is 4.86. The van der Waals surface area contributed by atoms with Gasteiger partial charge in [0.1, 0.15) is 0 Å². The van der Waals surface area contributed by atoms with Crippen molar-refractivity contribution in [2.45, 2.75) is 38.6 Å². The number of carbonyl (C=O) groups is 2. The lowest BCUT2D eigenvalue weighted by atomic mass is 10.0. The van der Waals surface area contributed by atoms with E-state index in [1.165, 1.54) is 12.8 Å². The lowest BCUT2D eigenvalue weighted by Gasteiger charge is -2.31. The summed E-state index contributed by atoms with van der Waals surface area (Å²) in [6.45, 7) is 4.96. The standard InChI is InChI=1S/C33H38N2O5/c1-4-40-33(37)25-14-12-24(13-15-25)26-7-5-8-28(19-26)35(22-29-9-6-18-34(29)21-23-10-11-23)32(36)27-16-17-30(38-2)31(20-27)39-3/h5,7-8,12-17,19-20,23,29H,4,6,9-11,18,21-22H2,1-3H3/t29-/m0/s1. The summed E-state index contributed by atoms with van der Waals surface area (Å²) in [5.74, 6) is 1.51. The summed E-state index contributed by atoms with van der Waals surface area (Å²) in [6, 6.07) is 21.1. The van der Waals surface area contributed by atoms with Crippen LogP contribution >= 0.6 is 0 Å². The number of esters is 1. The molecule has 1 heterocycles. The van der Waals surface area contributed by atoms with E-state index in [9.17, 15) is 9.59 Å². The number of hydrogen-bond donors (Lipinski definition) is 0. The van der Waals surface area contributed by atoms with Gasteiger partial charge in [0.05, 0.1) is 26.4 Å². The molecule has 1 aliphatic carbocycles. The molecule has 0 N–H and O–H groups in total. The van der Waals surface area contributed by atoms with Crippen LogP contribution in [0.25, 0.3) is 11.1 Å². The highest BCUT2D eigenvalue weighted by molar-refractivity contribution is 6.06. The monoisotopic (exact) mass is 542 g/mol.